The normalized spacial score (nSPS) is 12.9. The molecule has 0 spiro atoms. The van der Waals surface area contributed by atoms with Gasteiger partial charge in [0.1, 0.15) is 0 Å². The van der Waals surface area contributed by atoms with Crippen LogP contribution in [0.3, 0.4) is 0 Å². The number of sulfonamides is 1. The van der Waals surface area contributed by atoms with Crippen molar-refractivity contribution < 1.29 is 13.5 Å². The molecule has 0 saturated carbocycles. The van der Waals surface area contributed by atoms with E-state index >= 15 is 0 Å². The van der Waals surface area contributed by atoms with Crippen LogP contribution in [0.1, 0.15) is 19.4 Å². The lowest BCUT2D eigenvalue weighted by Crippen LogP contribution is -2.17. The van der Waals surface area contributed by atoms with E-state index in [2.05, 4.69) is 15.9 Å². The molecule has 0 atom stereocenters. The quantitative estimate of drug-likeness (QED) is 0.863. The van der Waals surface area contributed by atoms with Gasteiger partial charge >= 0.3 is 0 Å². The molecule has 1 rings (SSSR count). The Morgan fingerprint density at radius 3 is 2.27 bits per heavy atom. The molecular formula is C9H12BrNO3S. The lowest BCUT2D eigenvalue weighted by Gasteiger charge is -2.19. The summed E-state index contributed by atoms with van der Waals surface area (Å²) in [5.74, 6) is 0. The number of benzene rings is 1. The van der Waals surface area contributed by atoms with Crippen LogP contribution in [0.25, 0.3) is 0 Å². The Balaban J connectivity index is 3.34. The van der Waals surface area contributed by atoms with Crippen molar-refractivity contribution in [2.24, 2.45) is 5.14 Å². The van der Waals surface area contributed by atoms with Gasteiger partial charge in [-0.15, -0.1) is 0 Å². The number of aliphatic hydroxyl groups is 1. The second-order valence-electron chi connectivity index (χ2n) is 3.75. The van der Waals surface area contributed by atoms with Gasteiger partial charge in [0, 0.05) is 4.47 Å². The summed E-state index contributed by atoms with van der Waals surface area (Å²) in [7, 11) is -3.70. The van der Waals surface area contributed by atoms with Gasteiger partial charge in [-0.2, -0.15) is 0 Å². The van der Waals surface area contributed by atoms with Crippen LogP contribution >= 0.6 is 15.9 Å². The molecule has 0 unspecified atom stereocenters. The maximum absolute atomic E-state index is 11.0. The van der Waals surface area contributed by atoms with E-state index in [1.165, 1.54) is 18.2 Å². The van der Waals surface area contributed by atoms with E-state index in [9.17, 15) is 13.5 Å². The molecular weight excluding hydrogens is 282 g/mol. The number of primary sulfonamides is 1. The molecule has 3 N–H and O–H groups in total. The first kappa shape index (κ1) is 12.6. The maximum Gasteiger partial charge on any atom is 0.238 e. The zero-order valence-electron chi connectivity index (χ0n) is 8.36. The Morgan fingerprint density at radius 2 is 1.93 bits per heavy atom. The summed E-state index contributed by atoms with van der Waals surface area (Å²) in [5, 5.41) is 14.7. The van der Waals surface area contributed by atoms with Gasteiger partial charge in [-0.25, -0.2) is 13.6 Å². The van der Waals surface area contributed by atoms with Crippen molar-refractivity contribution in [3.63, 3.8) is 0 Å². The fourth-order valence-electron chi connectivity index (χ4n) is 1.17. The summed E-state index contributed by atoms with van der Waals surface area (Å²) >= 11 is 3.20. The second-order valence-corrected chi connectivity index (χ2v) is 6.16. The molecule has 0 saturated heterocycles. The van der Waals surface area contributed by atoms with Crippen LogP contribution in [0.2, 0.25) is 0 Å². The third-order valence-electron chi connectivity index (χ3n) is 1.93. The van der Waals surface area contributed by atoms with Gasteiger partial charge in [0.15, 0.2) is 0 Å². The summed E-state index contributed by atoms with van der Waals surface area (Å²) in [6.45, 7) is 3.23. The smallest absolute Gasteiger partial charge is 0.238 e. The molecule has 1 aromatic rings. The summed E-state index contributed by atoms with van der Waals surface area (Å²) in [6.07, 6.45) is 0. The highest BCUT2D eigenvalue weighted by Crippen LogP contribution is 2.29. The molecule has 1 aromatic carbocycles. The molecule has 0 fully saturated rings. The van der Waals surface area contributed by atoms with Crippen molar-refractivity contribution in [3.8, 4) is 0 Å². The van der Waals surface area contributed by atoms with Crippen molar-refractivity contribution in [1.29, 1.82) is 0 Å². The molecule has 0 aliphatic rings. The largest absolute Gasteiger partial charge is 0.386 e. The molecule has 0 heterocycles. The SMILES string of the molecule is CC(C)(O)c1ccc(S(N)(=O)=O)cc1Br. The number of rotatable bonds is 2. The van der Waals surface area contributed by atoms with Crippen molar-refractivity contribution in [1.82, 2.24) is 0 Å². The van der Waals surface area contributed by atoms with Crippen molar-refractivity contribution in [3.05, 3.63) is 28.2 Å². The summed E-state index contributed by atoms with van der Waals surface area (Å²) in [6, 6.07) is 4.28. The van der Waals surface area contributed by atoms with Gasteiger partial charge in [0.25, 0.3) is 0 Å². The number of hydrogen-bond acceptors (Lipinski definition) is 3. The predicted octanol–water partition coefficient (Wildman–Crippen LogP) is 1.32. The van der Waals surface area contributed by atoms with E-state index in [1.807, 2.05) is 0 Å². The minimum atomic E-state index is -3.70. The Bertz CT molecular complexity index is 477. The Morgan fingerprint density at radius 1 is 1.40 bits per heavy atom. The number of halogens is 1. The standard InChI is InChI=1S/C9H12BrNO3S/c1-9(2,12)7-4-3-6(5-8(7)10)15(11,13)14/h3-5,12H,1-2H3,(H2,11,13,14). The third-order valence-corrected chi connectivity index (χ3v) is 3.50. The Hall–Kier alpha value is -0.430. The highest BCUT2D eigenvalue weighted by molar-refractivity contribution is 9.10. The second kappa shape index (κ2) is 3.86. The van der Waals surface area contributed by atoms with Gasteiger partial charge < -0.3 is 5.11 Å². The average molecular weight is 294 g/mol. The first-order valence-corrected chi connectivity index (χ1v) is 6.51. The fraction of sp³-hybridized carbons (Fsp3) is 0.333. The van der Waals surface area contributed by atoms with E-state index in [-0.39, 0.29) is 4.90 Å². The molecule has 4 nitrogen and oxygen atoms in total. The Kier molecular flexibility index (Phi) is 3.25. The van der Waals surface area contributed by atoms with Crippen LogP contribution < -0.4 is 5.14 Å². The van der Waals surface area contributed by atoms with Crippen LogP contribution in [-0.4, -0.2) is 13.5 Å². The third kappa shape index (κ3) is 3.01. The lowest BCUT2D eigenvalue weighted by molar-refractivity contribution is 0.0777. The van der Waals surface area contributed by atoms with Crippen LogP contribution in [0, 0.1) is 0 Å². The molecule has 84 valence electrons. The monoisotopic (exact) mass is 293 g/mol. The summed E-state index contributed by atoms with van der Waals surface area (Å²) in [4.78, 5) is 0.0161. The van der Waals surface area contributed by atoms with Gasteiger partial charge in [-0.3, -0.25) is 0 Å². The highest BCUT2D eigenvalue weighted by atomic mass is 79.9. The van der Waals surface area contributed by atoms with Gasteiger partial charge in [-0.05, 0) is 31.5 Å². The number of hydrogen-bond donors (Lipinski definition) is 2. The topological polar surface area (TPSA) is 80.4 Å². The first-order chi connectivity index (χ1) is 6.62. The minimum absolute atomic E-state index is 0.0161. The fourth-order valence-corrected chi connectivity index (χ4v) is 2.72. The van der Waals surface area contributed by atoms with Crippen molar-refractivity contribution >= 4 is 26.0 Å². The van der Waals surface area contributed by atoms with Crippen LogP contribution in [0.5, 0.6) is 0 Å². The average Bonchev–Trinajstić information content (AvgIpc) is 1.99. The molecule has 0 bridgehead atoms. The van der Waals surface area contributed by atoms with E-state index in [0.717, 1.165) is 0 Å². The van der Waals surface area contributed by atoms with Gasteiger partial charge in [-0.1, -0.05) is 22.0 Å². The molecule has 0 aliphatic heterocycles. The molecule has 0 amide bonds. The zero-order chi connectivity index (χ0) is 11.9. The van der Waals surface area contributed by atoms with Crippen molar-refractivity contribution in [2.75, 3.05) is 0 Å². The Labute approximate surface area is 97.3 Å². The number of nitrogens with two attached hydrogens (primary N) is 1. The summed E-state index contributed by atoms with van der Waals surface area (Å²) in [5.41, 5.74) is -0.426. The van der Waals surface area contributed by atoms with Crippen molar-refractivity contribution in [2.45, 2.75) is 24.3 Å². The first-order valence-electron chi connectivity index (χ1n) is 4.17. The lowest BCUT2D eigenvalue weighted by atomic mass is 9.99. The van der Waals surface area contributed by atoms with Crippen LogP contribution in [-0.2, 0) is 15.6 Å². The molecule has 0 radical (unpaired) electrons. The predicted molar refractivity (Wildman–Crippen MR) is 60.8 cm³/mol. The molecule has 0 aliphatic carbocycles. The summed E-state index contributed by atoms with van der Waals surface area (Å²) < 4.78 is 22.6. The molecule has 0 aromatic heterocycles. The van der Waals surface area contributed by atoms with E-state index < -0.39 is 15.6 Å². The minimum Gasteiger partial charge on any atom is -0.386 e. The zero-order valence-corrected chi connectivity index (χ0v) is 10.8. The highest BCUT2D eigenvalue weighted by Gasteiger charge is 2.20. The molecule has 15 heavy (non-hydrogen) atoms. The molecule has 6 heteroatoms. The van der Waals surface area contributed by atoms with E-state index in [1.54, 1.807) is 13.8 Å². The van der Waals surface area contributed by atoms with Crippen LogP contribution in [0.4, 0.5) is 0 Å². The maximum atomic E-state index is 11.0. The van der Waals surface area contributed by atoms with Crippen LogP contribution in [0.15, 0.2) is 27.6 Å². The van der Waals surface area contributed by atoms with Gasteiger partial charge in [0.05, 0.1) is 10.5 Å². The van der Waals surface area contributed by atoms with E-state index in [0.29, 0.717) is 10.0 Å². The van der Waals surface area contributed by atoms with Gasteiger partial charge in [0.2, 0.25) is 10.0 Å². The van der Waals surface area contributed by atoms with E-state index in [4.69, 9.17) is 5.14 Å².